The van der Waals surface area contributed by atoms with Crippen LogP contribution in [0.4, 0.5) is 0 Å². The van der Waals surface area contributed by atoms with Gasteiger partial charge in [0.1, 0.15) is 0 Å². The van der Waals surface area contributed by atoms with Gasteiger partial charge in [0, 0.05) is 26.0 Å². The third-order valence-corrected chi connectivity index (χ3v) is 5.61. The van der Waals surface area contributed by atoms with Gasteiger partial charge in [-0.1, -0.05) is 34.1 Å². The van der Waals surface area contributed by atoms with Crippen LogP contribution in [-0.2, 0) is 14.3 Å². The maximum Gasteiger partial charge on any atom is 0.229 e. The minimum absolute atomic E-state index is 0.0153. The Hall–Kier alpha value is -0.900. The summed E-state index contributed by atoms with van der Waals surface area (Å²) < 4.78 is 5.97. The number of rotatable bonds is 7. The molecule has 0 aliphatic carbocycles. The first-order valence-corrected chi connectivity index (χ1v) is 9.28. The Morgan fingerprint density at radius 3 is 2.35 bits per heavy atom. The summed E-state index contributed by atoms with van der Waals surface area (Å²) in [6.07, 6.45) is 6.53. The van der Waals surface area contributed by atoms with E-state index in [1.54, 1.807) is 0 Å². The highest BCUT2D eigenvalue weighted by atomic mass is 16.5. The molecule has 23 heavy (non-hydrogen) atoms. The van der Waals surface area contributed by atoms with E-state index in [1.807, 2.05) is 0 Å². The zero-order valence-corrected chi connectivity index (χ0v) is 15.3. The van der Waals surface area contributed by atoms with E-state index in [9.17, 15) is 9.59 Å². The van der Waals surface area contributed by atoms with Gasteiger partial charge in [0.25, 0.3) is 0 Å². The van der Waals surface area contributed by atoms with Crippen LogP contribution in [0.5, 0.6) is 0 Å². The van der Waals surface area contributed by atoms with E-state index in [2.05, 4.69) is 27.7 Å². The van der Waals surface area contributed by atoms with Gasteiger partial charge in [0.15, 0.2) is 0 Å². The zero-order valence-electron chi connectivity index (χ0n) is 15.3. The third kappa shape index (κ3) is 4.79. The summed E-state index contributed by atoms with van der Waals surface area (Å²) in [7, 11) is 0. The van der Waals surface area contributed by atoms with E-state index in [1.165, 1.54) is 17.7 Å². The summed E-state index contributed by atoms with van der Waals surface area (Å²) in [5.74, 6) is 1.23. The largest absolute Gasteiger partial charge is 0.378 e. The number of carbonyl (C=O) groups excluding carboxylic acids is 2. The fourth-order valence-corrected chi connectivity index (χ4v) is 3.84. The number of ether oxygens (including phenoxy) is 1. The van der Waals surface area contributed by atoms with E-state index in [4.69, 9.17) is 4.74 Å². The van der Waals surface area contributed by atoms with Crippen molar-refractivity contribution in [3.63, 3.8) is 0 Å². The lowest BCUT2D eigenvalue weighted by atomic mass is 9.69. The van der Waals surface area contributed by atoms with Gasteiger partial charge in [-0.25, -0.2) is 0 Å². The number of amides is 2. The average molecular weight is 323 g/mol. The summed E-state index contributed by atoms with van der Waals surface area (Å²) in [4.78, 5) is 25.3. The van der Waals surface area contributed by atoms with Crippen LogP contribution in [0.3, 0.4) is 0 Å². The minimum atomic E-state index is 0.0153. The molecule has 2 aliphatic rings. The van der Waals surface area contributed by atoms with Crippen molar-refractivity contribution in [3.05, 3.63) is 0 Å². The van der Waals surface area contributed by atoms with E-state index in [0.29, 0.717) is 37.3 Å². The first-order valence-electron chi connectivity index (χ1n) is 9.28. The van der Waals surface area contributed by atoms with Crippen molar-refractivity contribution in [1.29, 1.82) is 0 Å². The van der Waals surface area contributed by atoms with Crippen molar-refractivity contribution in [2.75, 3.05) is 13.2 Å². The first kappa shape index (κ1) is 18.4. The smallest absolute Gasteiger partial charge is 0.229 e. The van der Waals surface area contributed by atoms with Crippen LogP contribution in [0.1, 0.15) is 72.6 Å². The second kappa shape index (κ2) is 7.78. The van der Waals surface area contributed by atoms with Gasteiger partial charge in [0.05, 0.1) is 6.10 Å². The van der Waals surface area contributed by atoms with Crippen molar-refractivity contribution in [3.8, 4) is 0 Å². The lowest BCUT2D eigenvalue weighted by molar-refractivity contribution is -0.139. The molecule has 0 radical (unpaired) electrons. The van der Waals surface area contributed by atoms with Gasteiger partial charge in [0.2, 0.25) is 11.8 Å². The van der Waals surface area contributed by atoms with Crippen LogP contribution in [0.2, 0.25) is 0 Å². The normalized spacial score (nSPS) is 29.1. The molecule has 4 heteroatoms. The summed E-state index contributed by atoms with van der Waals surface area (Å²) in [6.45, 7) is 10.4. The van der Waals surface area contributed by atoms with Gasteiger partial charge in [-0.05, 0) is 42.9 Å². The topological polar surface area (TPSA) is 46.6 Å². The maximum atomic E-state index is 11.9. The number of likely N-dealkylation sites (tertiary alicyclic amines) is 1. The molecule has 0 bridgehead atoms. The molecule has 2 atom stereocenters. The maximum absolute atomic E-state index is 11.9. The van der Waals surface area contributed by atoms with Crippen LogP contribution < -0.4 is 0 Å². The number of nitrogens with zero attached hydrogens (tertiary/aromatic N) is 1. The molecular formula is C19H33NO3. The Labute approximate surface area is 140 Å². The highest BCUT2D eigenvalue weighted by Gasteiger charge is 2.39. The van der Waals surface area contributed by atoms with Gasteiger partial charge in [-0.3, -0.25) is 14.5 Å². The predicted molar refractivity (Wildman–Crippen MR) is 90.9 cm³/mol. The van der Waals surface area contributed by atoms with Crippen molar-refractivity contribution in [2.24, 2.45) is 17.3 Å². The van der Waals surface area contributed by atoms with E-state index >= 15 is 0 Å². The SMILES string of the molecule is CC(C)CC[C@]1(CCN2C(=O)CCC2=O)CCO[C@H](C(C)C)C1. The van der Waals surface area contributed by atoms with Gasteiger partial charge >= 0.3 is 0 Å². The van der Waals surface area contributed by atoms with E-state index in [0.717, 1.165) is 25.9 Å². The van der Waals surface area contributed by atoms with Crippen LogP contribution in [0.15, 0.2) is 0 Å². The summed E-state index contributed by atoms with van der Waals surface area (Å²) in [5.41, 5.74) is 0.223. The fourth-order valence-electron chi connectivity index (χ4n) is 3.84. The molecule has 2 fully saturated rings. The number of hydrogen-bond acceptors (Lipinski definition) is 3. The van der Waals surface area contributed by atoms with Crippen LogP contribution in [-0.4, -0.2) is 36.0 Å². The lowest BCUT2D eigenvalue weighted by Crippen LogP contribution is -2.41. The molecule has 2 amide bonds. The lowest BCUT2D eigenvalue weighted by Gasteiger charge is -2.43. The molecule has 0 aromatic rings. The molecule has 2 heterocycles. The van der Waals surface area contributed by atoms with Crippen LogP contribution in [0, 0.1) is 17.3 Å². The molecular weight excluding hydrogens is 290 g/mol. The van der Waals surface area contributed by atoms with E-state index < -0.39 is 0 Å². The molecule has 2 rings (SSSR count). The number of hydrogen-bond donors (Lipinski definition) is 0. The Morgan fingerprint density at radius 1 is 1.13 bits per heavy atom. The van der Waals surface area contributed by atoms with E-state index in [-0.39, 0.29) is 17.2 Å². The molecule has 132 valence electrons. The van der Waals surface area contributed by atoms with Gasteiger partial charge < -0.3 is 4.74 Å². The molecule has 4 nitrogen and oxygen atoms in total. The fraction of sp³-hybridized carbons (Fsp3) is 0.895. The standard InChI is InChI=1S/C19H33NO3/c1-14(2)7-8-19(10-12-23-16(13-19)15(3)4)9-11-20-17(21)5-6-18(20)22/h14-16H,5-13H2,1-4H3/t16-,19-/m0/s1. The highest BCUT2D eigenvalue weighted by Crippen LogP contribution is 2.43. The molecule has 0 saturated carbocycles. The van der Waals surface area contributed by atoms with Gasteiger partial charge in [-0.2, -0.15) is 0 Å². The number of imide groups is 1. The quantitative estimate of drug-likeness (QED) is 0.670. The minimum Gasteiger partial charge on any atom is -0.378 e. The molecule has 0 aromatic heterocycles. The Balaban J connectivity index is 2.03. The molecule has 2 aliphatic heterocycles. The van der Waals surface area contributed by atoms with Crippen LogP contribution in [0.25, 0.3) is 0 Å². The number of carbonyl (C=O) groups is 2. The molecule has 2 saturated heterocycles. The van der Waals surface area contributed by atoms with Crippen LogP contribution >= 0.6 is 0 Å². The first-order chi connectivity index (χ1) is 10.8. The Bertz CT molecular complexity index is 416. The zero-order chi connectivity index (χ0) is 17.0. The second-order valence-corrected chi connectivity index (χ2v) is 8.23. The molecule has 0 aromatic carbocycles. The van der Waals surface area contributed by atoms with Crippen molar-refractivity contribution in [1.82, 2.24) is 4.90 Å². The average Bonchev–Trinajstić information content (AvgIpc) is 2.82. The molecule has 0 spiro atoms. The molecule has 0 unspecified atom stereocenters. The summed E-state index contributed by atoms with van der Waals surface area (Å²) in [6, 6.07) is 0. The van der Waals surface area contributed by atoms with Crippen molar-refractivity contribution < 1.29 is 14.3 Å². The highest BCUT2D eigenvalue weighted by molar-refractivity contribution is 6.01. The monoisotopic (exact) mass is 323 g/mol. The second-order valence-electron chi connectivity index (χ2n) is 8.23. The summed E-state index contributed by atoms with van der Waals surface area (Å²) in [5, 5.41) is 0. The Morgan fingerprint density at radius 2 is 1.78 bits per heavy atom. The predicted octanol–water partition coefficient (Wildman–Crippen LogP) is 3.78. The Kier molecular flexibility index (Phi) is 6.24. The van der Waals surface area contributed by atoms with Crippen molar-refractivity contribution in [2.45, 2.75) is 78.7 Å². The third-order valence-electron chi connectivity index (χ3n) is 5.61. The van der Waals surface area contributed by atoms with Crippen molar-refractivity contribution >= 4 is 11.8 Å². The summed E-state index contributed by atoms with van der Waals surface area (Å²) >= 11 is 0. The van der Waals surface area contributed by atoms with Gasteiger partial charge in [-0.15, -0.1) is 0 Å². The molecule has 0 N–H and O–H groups in total.